The maximum absolute atomic E-state index is 4.53. The molecule has 0 aromatic carbocycles. The standard InChI is InChI=1S/C17H20N4/c1-2-8-18-11-14-12-21(13-15-6-3-4-9-19-15)17-16(14)7-5-10-20-17/h3-7,9-10,12,18H,2,8,11,13H2,1H3. The summed E-state index contributed by atoms with van der Waals surface area (Å²) in [5, 5.41) is 4.68. The molecule has 0 atom stereocenters. The van der Waals surface area contributed by atoms with Crippen molar-refractivity contribution in [2.24, 2.45) is 0 Å². The second-order valence-electron chi connectivity index (χ2n) is 5.15. The molecule has 3 heterocycles. The van der Waals surface area contributed by atoms with Crippen LogP contribution in [0.25, 0.3) is 11.0 Å². The molecule has 0 spiro atoms. The van der Waals surface area contributed by atoms with E-state index in [1.165, 1.54) is 10.9 Å². The Balaban J connectivity index is 1.91. The van der Waals surface area contributed by atoms with Crippen molar-refractivity contribution in [3.63, 3.8) is 0 Å². The summed E-state index contributed by atoms with van der Waals surface area (Å²) in [6.45, 7) is 4.85. The minimum Gasteiger partial charge on any atom is -0.326 e. The van der Waals surface area contributed by atoms with Gasteiger partial charge in [-0.25, -0.2) is 4.98 Å². The normalized spacial score (nSPS) is 11.1. The first-order chi connectivity index (χ1) is 10.4. The van der Waals surface area contributed by atoms with Crippen LogP contribution in [0.5, 0.6) is 0 Å². The van der Waals surface area contributed by atoms with E-state index in [1.807, 2.05) is 36.7 Å². The van der Waals surface area contributed by atoms with E-state index >= 15 is 0 Å². The number of aromatic nitrogens is 3. The first kappa shape index (κ1) is 13.8. The third-order valence-corrected chi connectivity index (χ3v) is 3.52. The zero-order valence-electron chi connectivity index (χ0n) is 12.3. The van der Waals surface area contributed by atoms with Gasteiger partial charge in [0.05, 0.1) is 12.2 Å². The number of pyridine rings is 2. The Kier molecular flexibility index (Phi) is 4.26. The first-order valence-corrected chi connectivity index (χ1v) is 7.42. The molecule has 4 nitrogen and oxygen atoms in total. The molecular weight excluding hydrogens is 260 g/mol. The van der Waals surface area contributed by atoms with Crippen LogP contribution < -0.4 is 5.32 Å². The zero-order chi connectivity index (χ0) is 14.5. The van der Waals surface area contributed by atoms with Crippen LogP contribution in [0.15, 0.2) is 48.9 Å². The maximum atomic E-state index is 4.53. The van der Waals surface area contributed by atoms with E-state index in [4.69, 9.17) is 0 Å². The molecule has 4 heteroatoms. The molecule has 0 bridgehead atoms. The van der Waals surface area contributed by atoms with Crippen LogP contribution in [0, 0.1) is 0 Å². The van der Waals surface area contributed by atoms with Gasteiger partial charge in [0.2, 0.25) is 0 Å². The number of fused-ring (bicyclic) bond motifs is 1. The van der Waals surface area contributed by atoms with E-state index in [9.17, 15) is 0 Å². The number of nitrogens with zero attached hydrogens (tertiary/aromatic N) is 3. The topological polar surface area (TPSA) is 42.7 Å². The van der Waals surface area contributed by atoms with Crippen LogP contribution in [-0.4, -0.2) is 21.1 Å². The summed E-state index contributed by atoms with van der Waals surface area (Å²) in [6.07, 6.45) is 7.01. The van der Waals surface area contributed by atoms with Crippen molar-refractivity contribution in [3.05, 3.63) is 60.2 Å². The second-order valence-corrected chi connectivity index (χ2v) is 5.15. The molecule has 0 aliphatic heterocycles. The van der Waals surface area contributed by atoms with Crippen LogP contribution in [0.1, 0.15) is 24.6 Å². The molecule has 0 saturated carbocycles. The summed E-state index contributed by atoms with van der Waals surface area (Å²) in [6, 6.07) is 10.1. The summed E-state index contributed by atoms with van der Waals surface area (Å²) in [5.41, 5.74) is 3.37. The average molecular weight is 280 g/mol. The van der Waals surface area contributed by atoms with Gasteiger partial charge in [-0.05, 0) is 42.8 Å². The van der Waals surface area contributed by atoms with Gasteiger partial charge in [0.25, 0.3) is 0 Å². The van der Waals surface area contributed by atoms with E-state index in [0.717, 1.165) is 37.4 Å². The highest BCUT2D eigenvalue weighted by atomic mass is 15.0. The van der Waals surface area contributed by atoms with Crippen molar-refractivity contribution in [2.75, 3.05) is 6.54 Å². The van der Waals surface area contributed by atoms with Crippen LogP contribution in [0.4, 0.5) is 0 Å². The van der Waals surface area contributed by atoms with E-state index in [0.29, 0.717) is 0 Å². The molecule has 0 unspecified atom stereocenters. The van der Waals surface area contributed by atoms with Crippen molar-refractivity contribution in [3.8, 4) is 0 Å². The summed E-state index contributed by atoms with van der Waals surface area (Å²) >= 11 is 0. The van der Waals surface area contributed by atoms with Crippen LogP contribution >= 0.6 is 0 Å². The number of rotatable bonds is 6. The highest BCUT2D eigenvalue weighted by molar-refractivity contribution is 5.80. The first-order valence-electron chi connectivity index (χ1n) is 7.42. The average Bonchev–Trinajstić information content (AvgIpc) is 2.87. The van der Waals surface area contributed by atoms with E-state index in [2.05, 4.69) is 39.0 Å². The molecule has 0 radical (unpaired) electrons. The number of nitrogens with one attached hydrogen (secondary N) is 1. The Bertz CT molecular complexity index is 703. The van der Waals surface area contributed by atoms with E-state index in [1.54, 1.807) is 0 Å². The van der Waals surface area contributed by atoms with Crippen molar-refractivity contribution >= 4 is 11.0 Å². The summed E-state index contributed by atoms with van der Waals surface area (Å²) < 4.78 is 2.18. The number of hydrogen-bond donors (Lipinski definition) is 1. The van der Waals surface area contributed by atoms with Crippen LogP contribution in [-0.2, 0) is 13.1 Å². The van der Waals surface area contributed by atoms with Crippen molar-refractivity contribution in [2.45, 2.75) is 26.4 Å². The quantitative estimate of drug-likeness (QED) is 0.706. The Morgan fingerprint density at radius 3 is 2.81 bits per heavy atom. The van der Waals surface area contributed by atoms with Crippen molar-refractivity contribution in [1.82, 2.24) is 19.9 Å². The minimum atomic E-state index is 0.752. The molecule has 3 rings (SSSR count). The fourth-order valence-electron chi connectivity index (χ4n) is 2.52. The smallest absolute Gasteiger partial charge is 0.140 e. The summed E-state index contributed by atoms with van der Waals surface area (Å²) in [4.78, 5) is 8.93. The molecule has 0 saturated heterocycles. The lowest BCUT2D eigenvalue weighted by Crippen LogP contribution is -2.13. The van der Waals surface area contributed by atoms with Gasteiger partial charge in [0.1, 0.15) is 5.65 Å². The van der Waals surface area contributed by atoms with E-state index < -0.39 is 0 Å². The molecule has 0 amide bonds. The van der Waals surface area contributed by atoms with Gasteiger partial charge in [0, 0.05) is 30.5 Å². The van der Waals surface area contributed by atoms with Gasteiger partial charge >= 0.3 is 0 Å². The molecule has 0 aliphatic rings. The van der Waals surface area contributed by atoms with Gasteiger partial charge in [0.15, 0.2) is 0 Å². The van der Waals surface area contributed by atoms with E-state index in [-0.39, 0.29) is 0 Å². The predicted molar refractivity (Wildman–Crippen MR) is 85.1 cm³/mol. The molecule has 1 N–H and O–H groups in total. The Morgan fingerprint density at radius 2 is 2.00 bits per heavy atom. The molecule has 3 aromatic heterocycles. The Morgan fingerprint density at radius 1 is 1.10 bits per heavy atom. The van der Waals surface area contributed by atoms with Crippen molar-refractivity contribution in [1.29, 1.82) is 0 Å². The predicted octanol–water partition coefficient (Wildman–Crippen LogP) is 2.98. The molecule has 0 fully saturated rings. The second kappa shape index (κ2) is 6.50. The highest BCUT2D eigenvalue weighted by Gasteiger charge is 2.09. The number of hydrogen-bond acceptors (Lipinski definition) is 3. The molecular formula is C17H20N4. The van der Waals surface area contributed by atoms with Gasteiger partial charge in [-0.1, -0.05) is 13.0 Å². The maximum Gasteiger partial charge on any atom is 0.140 e. The van der Waals surface area contributed by atoms with Crippen molar-refractivity contribution < 1.29 is 0 Å². The van der Waals surface area contributed by atoms with Crippen LogP contribution in [0.3, 0.4) is 0 Å². The summed E-state index contributed by atoms with van der Waals surface area (Å²) in [5.74, 6) is 0. The molecule has 3 aromatic rings. The van der Waals surface area contributed by atoms with Crippen LogP contribution in [0.2, 0.25) is 0 Å². The highest BCUT2D eigenvalue weighted by Crippen LogP contribution is 2.20. The fourth-order valence-corrected chi connectivity index (χ4v) is 2.52. The molecule has 0 aliphatic carbocycles. The van der Waals surface area contributed by atoms with Gasteiger partial charge in [-0.2, -0.15) is 0 Å². The van der Waals surface area contributed by atoms with Gasteiger partial charge in [-0.15, -0.1) is 0 Å². The molecule has 108 valence electrons. The minimum absolute atomic E-state index is 0.752. The van der Waals surface area contributed by atoms with Gasteiger partial charge in [-0.3, -0.25) is 4.98 Å². The lowest BCUT2D eigenvalue weighted by Gasteiger charge is -2.03. The van der Waals surface area contributed by atoms with Gasteiger partial charge < -0.3 is 9.88 Å². The lowest BCUT2D eigenvalue weighted by atomic mass is 10.2. The lowest BCUT2D eigenvalue weighted by molar-refractivity contribution is 0.674. The third kappa shape index (κ3) is 3.11. The SMILES string of the molecule is CCCNCc1cn(Cc2ccccn2)c2ncccc12. The third-order valence-electron chi connectivity index (χ3n) is 3.52. The zero-order valence-corrected chi connectivity index (χ0v) is 12.3. The largest absolute Gasteiger partial charge is 0.326 e. The fraction of sp³-hybridized carbons (Fsp3) is 0.294. The monoisotopic (exact) mass is 280 g/mol. The Hall–Kier alpha value is -2.20. The molecule has 21 heavy (non-hydrogen) atoms. The summed E-state index contributed by atoms with van der Waals surface area (Å²) in [7, 11) is 0. The Labute approximate surface area is 124 Å².